The maximum atomic E-state index is 12.7. The van der Waals surface area contributed by atoms with Gasteiger partial charge in [-0.25, -0.2) is 9.78 Å². The third kappa shape index (κ3) is 4.08. The van der Waals surface area contributed by atoms with Crippen LogP contribution in [0.2, 0.25) is 0 Å². The summed E-state index contributed by atoms with van der Waals surface area (Å²) in [5.74, 6) is 0.481. The van der Waals surface area contributed by atoms with E-state index in [1.54, 1.807) is 6.20 Å². The summed E-state index contributed by atoms with van der Waals surface area (Å²) in [6, 6.07) is 10.5. The van der Waals surface area contributed by atoms with Crippen LogP contribution in [0.4, 0.5) is 10.6 Å². The molecule has 3 aromatic rings. The number of ether oxygens (including phenoxy) is 1. The van der Waals surface area contributed by atoms with Crippen LogP contribution < -0.4 is 10.6 Å². The van der Waals surface area contributed by atoms with Crippen molar-refractivity contribution in [1.29, 1.82) is 0 Å². The number of benzene rings is 1. The van der Waals surface area contributed by atoms with Gasteiger partial charge in [0.15, 0.2) is 0 Å². The van der Waals surface area contributed by atoms with Gasteiger partial charge < -0.3 is 15.2 Å². The number of carbonyl (C=O) groups is 1. The maximum Gasteiger partial charge on any atom is 0.320 e. The van der Waals surface area contributed by atoms with Crippen LogP contribution in [0.5, 0.6) is 0 Å². The SMILES string of the molecule is CCn1ncc2cc3nc(c21)CCCO[C@H](CO)[C@H](c1ccccc1)NC(=O)N3. The number of hydrogen-bond donors (Lipinski definition) is 3. The Morgan fingerprint density at radius 3 is 2.90 bits per heavy atom. The van der Waals surface area contributed by atoms with Crippen molar-refractivity contribution in [1.82, 2.24) is 20.1 Å². The number of aromatic nitrogens is 3. The number of nitrogens with one attached hydrogen (secondary N) is 2. The molecule has 0 radical (unpaired) electrons. The van der Waals surface area contributed by atoms with Crippen LogP contribution in [-0.2, 0) is 17.7 Å². The van der Waals surface area contributed by atoms with E-state index >= 15 is 0 Å². The maximum absolute atomic E-state index is 12.7. The van der Waals surface area contributed by atoms with Gasteiger partial charge in [0, 0.05) is 18.5 Å². The van der Waals surface area contributed by atoms with Gasteiger partial charge >= 0.3 is 6.03 Å². The van der Waals surface area contributed by atoms with Crippen LogP contribution in [0, 0.1) is 0 Å². The fourth-order valence-corrected chi connectivity index (χ4v) is 3.75. The molecule has 0 spiro atoms. The predicted octanol–water partition coefficient (Wildman–Crippen LogP) is 2.64. The molecular formula is C21H25N5O3. The zero-order valence-corrected chi connectivity index (χ0v) is 16.3. The number of aryl methyl sites for hydroxylation is 2. The Hall–Kier alpha value is -2.97. The molecule has 3 N–H and O–H groups in total. The molecule has 3 heterocycles. The van der Waals surface area contributed by atoms with Gasteiger partial charge in [-0.3, -0.25) is 10.00 Å². The molecule has 0 saturated carbocycles. The Labute approximate surface area is 168 Å². The van der Waals surface area contributed by atoms with Crippen LogP contribution in [0.3, 0.4) is 0 Å². The van der Waals surface area contributed by atoms with E-state index < -0.39 is 18.2 Å². The highest BCUT2D eigenvalue weighted by atomic mass is 16.5. The molecule has 2 bridgehead atoms. The van der Waals surface area contributed by atoms with E-state index in [4.69, 9.17) is 4.74 Å². The minimum absolute atomic E-state index is 0.198. The van der Waals surface area contributed by atoms with Gasteiger partial charge in [0.25, 0.3) is 0 Å². The lowest BCUT2D eigenvalue weighted by Crippen LogP contribution is -2.42. The molecule has 1 aliphatic rings. The fraction of sp³-hybridized carbons (Fsp3) is 0.381. The Kier molecular flexibility index (Phi) is 5.73. The highest BCUT2D eigenvalue weighted by Crippen LogP contribution is 2.24. The van der Waals surface area contributed by atoms with Crippen LogP contribution in [0.25, 0.3) is 10.9 Å². The monoisotopic (exact) mass is 395 g/mol. The second-order valence-electron chi connectivity index (χ2n) is 7.03. The zero-order valence-electron chi connectivity index (χ0n) is 16.3. The topological polar surface area (TPSA) is 101 Å². The molecule has 2 aromatic heterocycles. The first-order chi connectivity index (χ1) is 14.2. The van der Waals surface area contributed by atoms with Gasteiger partial charge in [-0.2, -0.15) is 5.10 Å². The number of amides is 2. The van der Waals surface area contributed by atoms with E-state index in [-0.39, 0.29) is 6.61 Å². The second kappa shape index (κ2) is 8.59. The normalized spacial score (nSPS) is 20.4. The summed E-state index contributed by atoms with van der Waals surface area (Å²) in [6.07, 6.45) is 2.68. The lowest BCUT2D eigenvalue weighted by atomic mass is 10.0. The van der Waals surface area contributed by atoms with Crippen LogP contribution >= 0.6 is 0 Å². The summed E-state index contributed by atoms with van der Waals surface area (Å²) in [4.78, 5) is 17.4. The lowest BCUT2D eigenvalue weighted by molar-refractivity contribution is -0.00905. The first-order valence-corrected chi connectivity index (χ1v) is 9.90. The molecule has 152 valence electrons. The van der Waals surface area contributed by atoms with E-state index in [1.807, 2.05) is 48.0 Å². The van der Waals surface area contributed by atoms with Crippen molar-refractivity contribution in [2.45, 2.75) is 38.5 Å². The minimum atomic E-state index is -0.546. The number of fused-ring (bicyclic) bond motifs is 4. The van der Waals surface area contributed by atoms with Gasteiger partial charge in [0.1, 0.15) is 11.9 Å². The number of rotatable bonds is 3. The third-order valence-electron chi connectivity index (χ3n) is 5.12. The van der Waals surface area contributed by atoms with E-state index in [0.717, 1.165) is 35.1 Å². The van der Waals surface area contributed by atoms with Gasteiger partial charge in [-0.15, -0.1) is 0 Å². The van der Waals surface area contributed by atoms with E-state index in [2.05, 4.69) is 20.7 Å². The number of aliphatic hydroxyl groups excluding tert-OH is 1. The van der Waals surface area contributed by atoms with Crippen molar-refractivity contribution >= 4 is 22.8 Å². The van der Waals surface area contributed by atoms with E-state index in [9.17, 15) is 9.90 Å². The number of aliphatic hydroxyl groups is 1. The second-order valence-corrected chi connectivity index (χ2v) is 7.03. The third-order valence-corrected chi connectivity index (χ3v) is 5.12. The van der Waals surface area contributed by atoms with E-state index in [1.165, 1.54) is 0 Å². The number of nitrogens with zero attached hydrogens (tertiary/aromatic N) is 3. The lowest BCUT2D eigenvalue weighted by Gasteiger charge is -2.28. The van der Waals surface area contributed by atoms with Crippen LogP contribution in [0.15, 0.2) is 42.6 Å². The molecule has 8 nitrogen and oxygen atoms in total. The van der Waals surface area contributed by atoms with Crippen molar-refractivity contribution in [2.24, 2.45) is 0 Å². The average Bonchev–Trinajstić information content (AvgIpc) is 3.15. The smallest absolute Gasteiger partial charge is 0.320 e. The standard InChI is InChI=1S/C21H25N5O3/c1-2-26-20-15(12-22-26)11-18-23-16(20)9-6-10-29-17(13-27)19(25-21(28)24-18)14-7-4-3-5-8-14/h3-5,7-8,11-12,17,19,27H,2,6,9-10,13H2,1H3,(H2,23,24,25,28)/t17-,19+/m1/s1. The van der Waals surface area contributed by atoms with Crippen molar-refractivity contribution in [3.63, 3.8) is 0 Å². The molecule has 2 atom stereocenters. The highest BCUT2D eigenvalue weighted by Gasteiger charge is 2.26. The number of urea groups is 1. The van der Waals surface area contributed by atoms with Crippen molar-refractivity contribution in [3.8, 4) is 0 Å². The molecule has 0 unspecified atom stereocenters. The van der Waals surface area contributed by atoms with Gasteiger partial charge in [-0.1, -0.05) is 30.3 Å². The minimum Gasteiger partial charge on any atom is -0.394 e. The largest absolute Gasteiger partial charge is 0.394 e. The molecule has 8 heteroatoms. The molecule has 4 rings (SSSR count). The predicted molar refractivity (Wildman–Crippen MR) is 110 cm³/mol. The molecule has 0 saturated heterocycles. The number of hydrogen-bond acceptors (Lipinski definition) is 5. The summed E-state index contributed by atoms with van der Waals surface area (Å²) < 4.78 is 7.87. The number of pyridine rings is 1. The number of anilines is 1. The number of carbonyl (C=O) groups excluding carboxylic acids is 1. The van der Waals surface area contributed by atoms with Gasteiger partial charge in [0.2, 0.25) is 0 Å². The molecular weight excluding hydrogens is 370 g/mol. The highest BCUT2D eigenvalue weighted by molar-refractivity contribution is 5.92. The van der Waals surface area contributed by atoms with Gasteiger partial charge in [0.05, 0.1) is 30.1 Å². The molecule has 29 heavy (non-hydrogen) atoms. The first kappa shape index (κ1) is 19.4. The fourth-order valence-electron chi connectivity index (χ4n) is 3.75. The Balaban J connectivity index is 1.69. The molecule has 2 amide bonds. The Morgan fingerprint density at radius 1 is 1.31 bits per heavy atom. The molecule has 0 aliphatic carbocycles. The van der Waals surface area contributed by atoms with Crippen molar-refractivity contribution < 1.29 is 14.6 Å². The summed E-state index contributed by atoms with van der Waals surface area (Å²) in [7, 11) is 0. The quantitative estimate of drug-likeness (QED) is 0.633. The molecule has 0 fully saturated rings. The summed E-state index contributed by atoms with van der Waals surface area (Å²) in [5, 5.41) is 21.0. The summed E-state index contributed by atoms with van der Waals surface area (Å²) in [6.45, 7) is 3.03. The summed E-state index contributed by atoms with van der Waals surface area (Å²) in [5.41, 5.74) is 2.73. The van der Waals surface area contributed by atoms with E-state index in [0.29, 0.717) is 18.8 Å². The first-order valence-electron chi connectivity index (χ1n) is 9.90. The Bertz CT molecular complexity index is 989. The molecule has 1 aromatic carbocycles. The van der Waals surface area contributed by atoms with Gasteiger partial charge in [-0.05, 0) is 31.4 Å². The van der Waals surface area contributed by atoms with Crippen LogP contribution in [-0.4, -0.2) is 45.2 Å². The zero-order chi connectivity index (χ0) is 20.2. The Morgan fingerprint density at radius 2 is 2.14 bits per heavy atom. The average molecular weight is 395 g/mol. The van der Waals surface area contributed by atoms with Crippen molar-refractivity contribution in [2.75, 3.05) is 18.5 Å². The molecule has 1 aliphatic heterocycles. The van der Waals surface area contributed by atoms with Crippen LogP contribution in [0.1, 0.15) is 30.6 Å². The summed E-state index contributed by atoms with van der Waals surface area (Å²) >= 11 is 0. The van der Waals surface area contributed by atoms with Crippen molar-refractivity contribution in [3.05, 3.63) is 53.9 Å².